The van der Waals surface area contributed by atoms with Gasteiger partial charge in [0.25, 0.3) is 5.56 Å². The summed E-state index contributed by atoms with van der Waals surface area (Å²) in [7, 11) is 1.60. The smallest absolute Gasteiger partial charge is 0.264 e. The summed E-state index contributed by atoms with van der Waals surface area (Å²) in [5.41, 5.74) is 2.17. The van der Waals surface area contributed by atoms with Crippen molar-refractivity contribution in [2.45, 2.75) is 19.5 Å². The number of ether oxygens (including phenoxy) is 1. The van der Waals surface area contributed by atoms with Crippen LogP contribution in [0.5, 0.6) is 5.75 Å². The van der Waals surface area contributed by atoms with Crippen LogP contribution in [0.25, 0.3) is 11.0 Å². The summed E-state index contributed by atoms with van der Waals surface area (Å²) in [6, 6.07) is 14.7. The van der Waals surface area contributed by atoms with Crippen LogP contribution in [0.2, 0.25) is 5.02 Å². The van der Waals surface area contributed by atoms with Gasteiger partial charge in [-0.1, -0.05) is 35.9 Å². The molecule has 0 fully saturated rings. The minimum Gasteiger partial charge on any atom is -0.497 e. The molecule has 9 heteroatoms. The van der Waals surface area contributed by atoms with Crippen molar-refractivity contribution in [2.24, 2.45) is 0 Å². The number of aromatic nitrogens is 4. The lowest BCUT2D eigenvalue weighted by atomic mass is 10.1. The van der Waals surface area contributed by atoms with E-state index in [-0.39, 0.29) is 17.9 Å². The van der Waals surface area contributed by atoms with Gasteiger partial charge in [0.05, 0.1) is 32.8 Å². The van der Waals surface area contributed by atoms with Gasteiger partial charge in [-0.2, -0.15) is 5.10 Å². The number of halogens is 1. The SMILES string of the molecule is COc1ccc(CC(=O)NCCn2ncc3c(=O)n(Cc4ccc(Cl)cc4)cnc32)cc1. The highest BCUT2D eigenvalue weighted by atomic mass is 35.5. The largest absolute Gasteiger partial charge is 0.497 e. The molecule has 1 amide bonds. The molecule has 164 valence electrons. The molecule has 0 saturated carbocycles. The fraction of sp³-hybridized carbons (Fsp3) is 0.217. The van der Waals surface area contributed by atoms with E-state index in [0.29, 0.717) is 35.7 Å². The molecule has 0 atom stereocenters. The topological polar surface area (TPSA) is 91.0 Å². The van der Waals surface area contributed by atoms with Gasteiger partial charge in [-0.25, -0.2) is 9.67 Å². The number of carbonyl (C=O) groups is 1. The van der Waals surface area contributed by atoms with Crippen molar-refractivity contribution < 1.29 is 9.53 Å². The van der Waals surface area contributed by atoms with Gasteiger partial charge in [0.2, 0.25) is 5.91 Å². The first-order chi connectivity index (χ1) is 15.5. The molecule has 4 aromatic rings. The normalized spacial score (nSPS) is 10.9. The second-order valence-corrected chi connectivity index (χ2v) is 7.72. The number of amides is 1. The third-order valence-electron chi connectivity index (χ3n) is 5.06. The molecule has 0 saturated heterocycles. The number of hydrogen-bond acceptors (Lipinski definition) is 5. The lowest BCUT2D eigenvalue weighted by Gasteiger charge is -2.08. The highest BCUT2D eigenvalue weighted by Crippen LogP contribution is 2.12. The Balaban J connectivity index is 1.37. The number of methoxy groups -OCH3 is 1. The van der Waals surface area contributed by atoms with Gasteiger partial charge < -0.3 is 10.1 Å². The number of nitrogens with zero attached hydrogens (tertiary/aromatic N) is 4. The summed E-state index contributed by atoms with van der Waals surface area (Å²) < 4.78 is 8.28. The van der Waals surface area contributed by atoms with E-state index in [1.807, 2.05) is 36.4 Å². The Kier molecular flexibility index (Phi) is 6.51. The third-order valence-corrected chi connectivity index (χ3v) is 5.31. The summed E-state index contributed by atoms with van der Waals surface area (Å²) in [5, 5.41) is 8.23. The molecule has 4 rings (SSSR count). The Bertz CT molecular complexity index is 1280. The van der Waals surface area contributed by atoms with Crippen LogP contribution in [0.15, 0.2) is 65.8 Å². The lowest BCUT2D eigenvalue weighted by Crippen LogP contribution is -2.29. The Hall–Kier alpha value is -3.65. The zero-order valence-electron chi connectivity index (χ0n) is 17.5. The second-order valence-electron chi connectivity index (χ2n) is 7.28. The summed E-state index contributed by atoms with van der Waals surface area (Å²) in [6.07, 6.45) is 3.30. The van der Waals surface area contributed by atoms with E-state index in [1.165, 1.54) is 17.1 Å². The van der Waals surface area contributed by atoms with Crippen LogP contribution in [0.3, 0.4) is 0 Å². The molecule has 1 N–H and O–H groups in total. The standard InChI is InChI=1S/C23H22ClN5O3/c1-32-19-8-4-16(5-9-19)12-21(30)25-10-11-29-22-20(13-27-29)23(31)28(15-26-22)14-17-2-6-18(24)7-3-17/h2-9,13,15H,10-12,14H2,1H3,(H,25,30). The van der Waals surface area contributed by atoms with E-state index in [4.69, 9.17) is 16.3 Å². The Morgan fingerprint density at radius 3 is 2.53 bits per heavy atom. The maximum absolute atomic E-state index is 12.8. The van der Waals surface area contributed by atoms with Crippen LogP contribution in [0, 0.1) is 0 Å². The first-order valence-electron chi connectivity index (χ1n) is 10.1. The van der Waals surface area contributed by atoms with E-state index in [0.717, 1.165) is 16.9 Å². The molecule has 0 spiro atoms. The summed E-state index contributed by atoms with van der Waals surface area (Å²) in [4.78, 5) is 29.4. The van der Waals surface area contributed by atoms with Gasteiger partial charge in [-0.05, 0) is 35.4 Å². The molecule has 8 nitrogen and oxygen atoms in total. The van der Waals surface area contributed by atoms with Crippen molar-refractivity contribution >= 4 is 28.5 Å². The molecule has 0 radical (unpaired) electrons. The van der Waals surface area contributed by atoms with Crippen LogP contribution in [0.4, 0.5) is 0 Å². The van der Waals surface area contributed by atoms with Gasteiger partial charge in [0.15, 0.2) is 5.65 Å². The molecule has 0 aliphatic rings. The first-order valence-corrected chi connectivity index (χ1v) is 10.5. The predicted octanol–water partition coefficient (Wildman–Crippen LogP) is 2.66. The fourth-order valence-corrected chi connectivity index (χ4v) is 3.48. The molecule has 0 aliphatic carbocycles. The first kappa shape index (κ1) is 21.6. The lowest BCUT2D eigenvalue weighted by molar-refractivity contribution is -0.120. The summed E-state index contributed by atoms with van der Waals surface area (Å²) in [6.45, 7) is 1.18. The molecular formula is C23H22ClN5O3. The van der Waals surface area contributed by atoms with Crippen LogP contribution in [0.1, 0.15) is 11.1 Å². The van der Waals surface area contributed by atoms with E-state index >= 15 is 0 Å². The van der Waals surface area contributed by atoms with Crippen molar-refractivity contribution in [1.82, 2.24) is 24.6 Å². The van der Waals surface area contributed by atoms with Crippen LogP contribution in [-0.4, -0.2) is 38.9 Å². The zero-order chi connectivity index (χ0) is 22.5. The molecule has 2 aromatic heterocycles. The number of hydrogen-bond donors (Lipinski definition) is 1. The molecule has 0 bridgehead atoms. The highest BCUT2D eigenvalue weighted by Gasteiger charge is 2.11. The Morgan fingerprint density at radius 1 is 1.09 bits per heavy atom. The maximum Gasteiger partial charge on any atom is 0.264 e. The molecule has 2 heterocycles. The predicted molar refractivity (Wildman–Crippen MR) is 122 cm³/mol. The molecular weight excluding hydrogens is 430 g/mol. The monoisotopic (exact) mass is 451 g/mol. The minimum absolute atomic E-state index is 0.0927. The van der Waals surface area contributed by atoms with Gasteiger partial charge in [-0.15, -0.1) is 0 Å². The maximum atomic E-state index is 12.8. The molecule has 0 aliphatic heterocycles. The average molecular weight is 452 g/mol. The number of carbonyl (C=O) groups excluding carboxylic acids is 1. The van der Waals surface area contributed by atoms with Gasteiger partial charge in [0.1, 0.15) is 17.5 Å². The van der Waals surface area contributed by atoms with E-state index in [9.17, 15) is 9.59 Å². The van der Waals surface area contributed by atoms with Gasteiger partial charge >= 0.3 is 0 Å². The van der Waals surface area contributed by atoms with E-state index in [1.54, 1.807) is 23.9 Å². The number of nitrogens with one attached hydrogen (secondary N) is 1. The summed E-state index contributed by atoms with van der Waals surface area (Å²) >= 11 is 5.92. The van der Waals surface area contributed by atoms with Crippen molar-refractivity contribution in [3.8, 4) is 5.75 Å². The van der Waals surface area contributed by atoms with Gasteiger partial charge in [-0.3, -0.25) is 14.2 Å². The zero-order valence-corrected chi connectivity index (χ0v) is 18.2. The van der Waals surface area contributed by atoms with Crippen LogP contribution in [-0.2, 0) is 24.3 Å². The number of rotatable bonds is 8. The average Bonchev–Trinajstić information content (AvgIpc) is 3.21. The third kappa shape index (κ3) is 4.97. The van der Waals surface area contributed by atoms with Crippen molar-refractivity contribution in [3.63, 3.8) is 0 Å². The van der Waals surface area contributed by atoms with Crippen LogP contribution >= 0.6 is 11.6 Å². The van der Waals surface area contributed by atoms with Crippen molar-refractivity contribution in [2.75, 3.05) is 13.7 Å². The molecule has 2 aromatic carbocycles. The second kappa shape index (κ2) is 9.65. The Morgan fingerprint density at radius 2 is 1.81 bits per heavy atom. The Labute approximate surface area is 189 Å². The van der Waals surface area contributed by atoms with Crippen LogP contribution < -0.4 is 15.6 Å². The van der Waals surface area contributed by atoms with Crippen molar-refractivity contribution in [3.05, 3.63) is 87.6 Å². The number of benzene rings is 2. The molecule has 32 heavy (non-hydrogen) atoms. The van der Waals surface area contributed by atoms with Crippen molar-refractivity contribution in [1.29, 1.82) is 0 Å². The summed E-state index contributed by atoms with van der Waals surface area (Å²) in [5.74, 6) is 0.657. The molecule has 0 unspecified atom stereocenters. The van der Waals surface area contributed by atoms with E-state index in [2.05, 4.69) is 15.4 Å². The van der Waals surface area contributed by atoms with E-state index < -0.39 is 0 Å². The fourth-order valence-electron chi connectivity index (χ4n) is 3.35. The van der Waals surface area contributed by atoms with Gasteiger partial charge in [0, 0.05) is 11.6 Å². The quantitative estimate of drug-likeness (QED) is 0.444. The highest BCUT2D eigenvalue weighted by molar-refractivity contribution is 6.30. The minimum atomic E-state index is -0.167. The number of fused-ring (bicyclic) bond motifs is 1.